The van der Waals surface area contributed by atoms with Crippen LogP contribution in [0.2, 0.25) is 0 Å². The van der Waals surface area contributed by atoms with Gasteiger partial charge in [0, 0.05) is 44.1 Å². The SMILES string of the molecule is C[C@H]1[C@@H](CN2CC[C@H](O)C2)O[C@@H](c2ccc(-c3cccc(CNC(=O)CCC(=O)O)c3)cc2)O[C@H]1c1ccc(CO)cc1. The van der Waals surface area contributed by atoms with Crippen LogP contribution in [0, 0.1) is 5.92 Å². The molecule has 228 valence electrons. The summed E-state index contributed by atoms with van der Waals surface area (Å²) in [5, 5.41) is 31.1. The van der Waals surface area contributed by atoms with E-state index in [4.69, 9.17) is 14.6 Å². The first-order valence-electron chi connectivity index (χ1n) is 14.9. The van der Waals surface area contributed by atoms with Crippen LogP contribution in [0.5, 0.6) is 0 Å². The number of rotatable bonds is 11. The number of hydrogen-bond acceptors (Lipinski definition) is 7. The number of carbonyl (C=O) groups is 2. The number of aliphatic hydroxyl groups is 2. The molecule has 0 saturated carbocycles. The fraction of sp³-hybridized carbons (Fsp3) is 0.412. The number of ether oxygens (including phenoxy) is 2. The van der Waals surface area contributed by atoms with Crippen LogP contribution in [0.4, 0.5) is 0 Å². The van der Waals surface area contributed by atoms with Crippen LogP contribution < -0.4 is 5.32 Å². The maximum Gasteiger partial charge on any atom is 0.303 e. The number of aliphatic carboxylic acids is 1. The molecule has 1 amide bonds. The molecule has 4 N–H and O–H groups in total. The summed E-state index contributed by atoms with van der Waals surface area (Å²) >= 11 is 0. The van der Waals surface area contributed by atoms with Gasteiger partial charge in [-0.05, 0) is 40.3 Å². The Morgan fingerprint density at radius 3 is 2.35 bits per heavy atom. The summed E-state index contributed by atoms with van der Waals surface area (Å²) in [5.41, 5.74) is 5.71. The van der Waals surface area contributed by atoms with Crippen LogP contribution in [0.15, 0.2) is 72.8 Å². The molecule has 3 aromatic rings. The molecule has 9 nitrogen and oxygen atoms in total. The van der Waals surface area contributed by atoms with Gasteiger partial charge in [-0.3, -0.25) is 14.5 Å². The maximum absolute atomic E-state index is 11.9. The van der Waals surface area contributed by atoms with E-state index in [9.17, 15) is 19.8 Å². The van der Waals surface area contributed by atoms with Gasteiger partial charge in [0.1, 0.15) is 0 Å². The fourth-order valence-electron chi connectivity index (χ4n) is 5.76. The van der Waals surface area contributed by atoms with E-state index >= 15 is 0 Å². The van der Waals surface area contributed by atoms with E-state index in [0.717, 1.165) is 46.3 Å². The second-order valence-corrected chi connectivity index (χ2v) is 11.5. The van der Waals surface area contributed by atoms with Crippen LogP contribution in [0.25, 0.3) is 11.1 Å². The molecule has 0 unspecified atom stereocenters. The summed E-state index contributed by atoms with van der Waals surface area (Å²) in [4.78, 5) is 24.9. The van der Waals surface area contributed by atoms with Crippen LogP contribution in [0.3, 0.4) is 0 Å². The molecule has 2 saturated heterocycles. The smallest absolute Gasteiger partial charge is 0.303 e. The lowest BCUT2D eigenvalue weighted by Gasteiger charge is -2.42. The average molecular weight is 589 g/mol. The van der Waals surface area contributed by atoms with Gasteiger partial charge in [-0.2, -0.15) is 0 Å². The Morgan fingerprint density at radius 1 is 0.930 bits per heavy atom. The van der Waals surface area contributed by atoms with Gasteiger partial charge in [-0.1, -0.05) is 73.7 Å². The highest BCUT2D eigenvalue weighted by atomic mass is 16.7. The minimum absolute atomic E-state index is 0.0102. The third kappa shape index (κ3) is 8.07. The molecule has 0 aliphatic carbocycles. The Kier molecular flexibility index (Phi) is 10.2. The van der Waals surface area contributed by atoms with Crippen LogP contribution in [-0.4, -0.2) is 63.9 Å². The fourth-order valence-corrected chi connectivity index (χ4v) is 5.76. The Morgan fingerprint density at radius 2 is 1.67 bits per heavy atom. The normalized spacial score (nSPS) is 24.1. The summed E-state index contributed by atoms with van der Waals surface area (Å²) in [6, 6.07) is 23.8. The van der Waals surface area contributed by atoms with Crippen molar-refractivity contribution < 1.29 is 34.4 Å². The predicted molar refractivity (Wildman–Crippen MR) is 161 cm³/mol. The average Bonchev–Trinajstić information content (AvgIpc) is 3.44. The van der Waals surface area contributed by atoms with E-state index in [1.54, 1.807) is 0 Å². The first-order valence-corrected chi connectivity index (χ1v) is 14.9. The van der Waals surface area contributed by atoms with Crippen molar-refractivity contribution in [2.75, 3.05) is 19.6 Å². The Bertz CT molecular complexity index is 1380. The number of likely N-dealkylation sites (tertiary alicyclic amines) is 1. The van der Waals surface area contributed by atoms with Crippen molar-refractivity contribution in [2.24, 2.45) is 5.92 Å². The Labute approximate surface area is 252 Å². The van der Waals surface area contributed by atoms with Gasteiger partial charge in [-0.15, -0.1) is 0 Å². The minimum Gasteiger partial charge on any atom is -0.481 e. The molecule has 5 rings (SSSR count). The topological polar surface area (TPSA) is 129 Å². The number of carboxylic acids is 1. The van der Waals surface area contributed by atoms with Crippen molar-refractivity contribution in [2.45, 2.75) is 63.9 Å². The molecule has 5 atom stereocenters. The standard InChI is InChI=1S/C34H40N2O7/c1-22-30(20-36-16-15-29(38)19-36)42-34(43-33(22)26-7-5-23(21-37)6-8-26)27-11-9-25(10-12-27)28-4-2-3-24(17-28)18-35-31(39)13-14-32(40)41/h2-12,17,22,29-30,33-34,37-38H,13-16,18-21H2,1H3,(H,35,39)(H,40,41)/t22-,29-,30+,33+,34+/m0/s1. The van der Waals surface area contributed by atoms with Crippen molar-refractivity contribution in [1.29, 1.82) is 0 Å². The number of aliphatic hydroxyl groups excluding tert-OH is 2. The molecule has 0 aromatic heterocycles. The number of carboxylic acid groups (broad SMARTS) is 1. The first kappa shape index (κ1) is 30.8. The zero-order valence-electron chi connectivity index (χ0n) is 24.4. The van der Waals surface area contributed by atoms with Gasteiger partial charge >= 0.3 is 5.97 Å². The molecule has 2 fully saturated rings. The lowest BCUT2D eigenvalue weighted by Crippen LogP contribution is -2.44. The molecule has 2 aliphatic heterocycles. The second-order valence-electron chi connectivity index (χ2n) is 11.5. The summed E-state index contributed by atoms with van der Waals surface area (Å²) in [5.74, 6) is -1.21. The largest absolute Gasteiger partial charge is 0.481 e. The van der Waals surface area contributed by atoms with E-state index in [1.807, 2.05) is 72.8 Å². The molecular weight excluding hydrogens is 548 g/mol. The molecule has 43 heavy (non-hydrogen) atoms. The van der Waals surface area contributed by atoms with Gasteiger partial charge < -0.3 is 30.1 Å². The van der Waals surface area contributed by atoms with E-state index in [2.05, 4.69) is 17.1 Å². The molecule has 0 spiro atoms. The van der Waals surface area contributed by atoms with Gasteiger partial charge in [0.2, 0.25) is 5.91 Å². The summed E-state index contributed by atoms with van der Waals surface area (Å²) < 4.78 is 13.2. The van der Waals surface area contributed by atoms with Gasteiger partial charge in [-0.25, -0.2) is 0 Å². The number of nitrogens with zero attached hydrogens (tertiary/aromatic N) is 1. The lowest BCUT2D eigenvalue weighted by atomic mass is 9.90. The third-order valence-corrected chi connectivity index (χ3v) is 8.31. The van der Waals surface area contributed by atoms with E-state index in [0.29, 0.717) is 19.6 Å². The van der Waals surface area contributed by atoms with Gasteiger partial charge in [0.25, 0.3) is 0 Å². The number of hydrogen-bond donors (Lipinski definition) is 4. The zero-order valence-corrected chi connectivity index (χ0v) is 24.4. The number of nitrogens with one attached hydrogen (secondary N) is 1. The van der Waals surface area contributed by atoms with Crippen LogP contribution >= 0.6 is 0 Å². The minimum atomic E-state index is -0.992. The Hall–Kier alpha value is -3.60. The summed E-state index contributed by atoms with van der Waals surface area (Å²) in [7, 11) is 0. The summed E-state index contributed by atoms with van der Waals surface area (Å²) in [6.45, 7) is 4.65. The quantitative estimate of drug-likeness (QED) is 0.263. The van der Waals surface area contributed by atoms with Gasteiger partial charge in [0.15, 0.2) is 6.29 Å². The van der Waals surface area contributed by atoms with Gasteiger partial charge in [0.05, 0.1) is 31.3 Å². The van der Waals surface area contributed by atoms with Crippen LogP contribution in [-0.2, 0) is 32.2 Å². The van der Waals surface area contributed by atoms with E-state index in [1.165, 1.54) is 0 Å². The number of carbonyl (C=O) groups excluding carboxylic acids is 1. The van der Waals surface area contributed by atoms with Crippen molar-refractivity contribution in [1.82, 2.24) is 10.2 Å². The highest BCUT2D eigenvalue weighted by molar-refractivity contribution is 5.80. The van der Waals surface area contributed by atoms with E-state index < -0.39 is 12.3 Å². The Balaban J connectivity index is 1.30. The molecule has 3 aromatic carbocycles. The molecule has 2 aliphatic rings. The highest BCUT2D eigenvalue weighted by Crippen LogP contribution is 2.42. The molecule has 9 heteroatoms. The molecular formula is C34H40N2O7. The van der Waals surface area contributed by atoms with Crippen molar-refractivity contribution in [3.8, 4) is 11.1 Å². The summed E-state index contributed by atoms with van der Waals surface area (Å²) in [6.07, 6.45) is -0.641. The van der Waals surface area contributed by atoms with E-state index in [-0.39, 0.29) is 49.6 Å². The monoisotopic (exact) mass is 588 g/mol. The molecule has 0 bridgehead atoms. The number of benzene rings is 3. The molecule has 0 radical (unpaired) electrons. The second kappa shape index (κ2) is 14.2. The third-order valence-electron chi connectivity index (χ3n) is 8.31. The first-order chi connectivity index (χ1) is 20.8. The number of amides is 1. The predicted octanol–water partition coefficient (Wildman–Crippen LogP) is 4.18. The highest BCUT2D eigenvalue weighted by Gasteiger charge is 2.39. The van der Waals surface area contributed by atoms with Crippen molar-refractivity contribution >= 4 is 11.9 Å². The maximum atomic E-state index is 11.9. The number of β-amino-alcohol motifs (C(OH)–C–C–N with tert-alkyl or cyclic N) is 1. The zero-order chi connectivity index (χ0) is 30.3. The molecule has 2 heterocycles. The van der Waals surface area contributed by atoms with Crippen molar-refractivity contribution in [3.05, 3.63) is 95.1 Å². The lowest BCUT2D eigenvalue weighted by molar-refractivity contribution is -0.276. The van der Waals surface area contributed by atoms with Crippen molar-refractivity contribution in [3.63, 3.8) is 0 Å². The van der Waals surface area contributed by atoms with Crippen LogP contribution in [0.1, 0.15) is 60.8 Å².